The highest BCUT2D eigenvalue weighted by atomic mass is 16.7. The van der Waals surface area contributed by atoms with E-state index < -0.39 is 11.7 Å². The van der Waals surface area contributed by atoms with Gasteiger partial charge in [-0.3, -0.25) is 9.63 Å². The number of nitrogens with zero attached hydrogens (tertiary/aromatic N) is 1. The van der Waals surface area contributed by atoms with E-state index in [0.29, 0.717) is 23.6 Å². The first kappa shape index (κ1) is 31.1. The molecule has 2 rings (SSSR count). The van der Waals surface area contributed by atoms with Crippen molar-refractivity contribution in [1.82, 2.24) is 5.32 Å². The molecular formula is C32H46N2O4. The fourth-order valence-corrected chi connectivity index (χ4v) is 4.02. The van der Waals surface area contributed by atoms with Gasteiger partial charge in [-0.05, 0) is 52.4 Å². The molecule has 0 aromatic heterocycles. The van der Waals surface area contributed by atoms with Gasteiger partial charge in [-0.1, -0.05) is 105 Å². The highest BCUT2D eigenvalue weighted by Crippen LogP contribution is 2.27. The fourth-order valence-electron chi connectivity index (χ4n) is 4.02. The van der Waals surface area contributed by atoms with E-state index in [4.69, 9.17) is 9.57 Å². The summed E-state index contributed by atoms with van der Waals surface area (Å²) >= 11 is 0. The first-order valence-electron chi connectivity index (χ1n) is 14.3. The third-order valence-corrected chi connectivity index (χ3v) is 6.37. The number of oxime groups is 1. The highest BCUT2D eigenvalue weighted by Gasteiger charge is 2.37. The van der Waals surface area contributed by atoms with Crippen molar-refractivity contribution in [1.29, 1.82) is 0 Å². The summed E-state index contributed by atoms with van der Waals surface area (Å²) < 4.78 is 5.77. The summed E-state index contributed by atoms with van der Waals surface area (Å²) in [6, 6.07) is 9.22. The minimum atomic E-state index is -0.964. The summed E-state index contributed by atoms with van der Waals surface area (Å²) in [6.07, 6.45) is 24.0. The Kier molecular flexibility index (Phi) is 14.8. The molecule has 1 N–H and O–H groups in total. The number of unbranched alkanes of at least 4 members (excludes halogenated alkanes) is 9. The van der Waals surface area contributed by atoms with E-state index >= 15 is 0 Å². The quantitative estimate of drug-likeness (QED) is 0.0693. The predicted molar refractivity (Wildman–Crippen MR) is 155 cm³/mol. The molecule has 6 nitrogen and oxygen atoms in total. The van der Waals surface area contributed by atoms with Gasteiger partial charge in [-0.2, -0.15) is 0 Å². The van der Waals surface area contributed by atoms with E-state index in [-0.39, 0.29) is 5.78 Å². The molecule has 0 aliphatic carbocycles. The van der Waals surface area contributed by atoms with Gasteiger partial charge in [0.05, 0.1) is 0 Å². The molecule has 1 aromatic carbocycles. The van der Waals surface area contributed by atoms with Crippen LogP contribution in [0.2, 0.25) is 0 Å². The van der Waals surface area contributed by atoms with E-state index in [9.17, 15) is 9.59 Å². The zero-order valence-electron chi connectivity index (χ0n) is 23.5. The van der Waals surface area contributed by atoms with Gasteiger partial charge in [0.25, 0.3) is 0 Å². The van der Waals surface area contributed by atoms with Crippen LogP contribution in [0, 0.1) is 0 Å². The zero-order valence-corrected chi connectivity index (χ0v) is 23.5. The van der Waals surface area contributed by atoms with Crippen molar-refractivity contribution < 1.29 is 19.2 Å². The van der Waals surface area contributed by atoms with Crippen molar-refractivity contribution in [3.8, 4) is 0 Å². The first-order valence-corrected chi connectivity index (χ1v) is 14.3. The van der Waals surface area contributed by atoms with Gasteiger partial charge in [-0.15, -0.1) is 0 Å². The Hall–Kier alpha value is -3.15. The number of allylic oxidation sites excluding steroid dienone is 5. The fraction of sp³-hybridized carbons (Fsp3) is 0.531. The van der Waals surface area contributed by atoms with Crippen LogP contribution in [0.5, 0.6) is 0 Å². The molecule has 0 atom stereocenters. The number of hydrogen-bond acceptors (Lipinski definition) is 5. The molecule has 1 heterocycles. The summed E-state index contributed by atoms with van der Waals surface area (Å²) in [5.41, 5.74) is 0.0462. The van der Waals surface area contributed by atoms with Gasteiger partial charge < -0.3 is 10.1 Å². The molecule has 0 bridgehead atoms. The zero-order chi connectivity index (χ0) is 27.5. The summed E-state index contributed by atoms with van der Waals surface area (Å²) in [6.45, 7) is 6.17. The summed E-state index contributed by atoms with van der Waals surface area (Å²) in [4.78, 5) is 29.4. The van der Waals surface area contributed by atoms with Gasteiger partial charge in [0.15, 0.2) is 17.1 Å². The lowest BCUT2D eigenvalue weighted by atomic mass is 10.1. The van der Waals surface area contributed by atoms with Gasteiger partial charge >= 0.3 is 6.09 Å². The standard InChI is InChI=1S/C32H46N2O4/c1-4-5-6-7-8-9-10-11-12-13-14-15-16-17-18-22-25-33-31(36)38-34-30(27-23-20-19-21-24-27)28-26-29(35)32(2,3)37-28/h8-9,11-12,19-21,23-24,26H,4-7,10,13-18,22,25H2,1-3H3,(H,33,36)/b9-8+,12-11+,34-30?. The van der Waals surface area contributed by atoms with Crippen molar-refractivity contribution in [2.45, 2.75) is 103 Å². The van der Waals surface area contributed by atoms with Gasteiger partial charge in [0, 0.05) is 18.2 Å². The maximum absolute atomic E-state index is 12.2. The number of nitrogens with one attached hydrogen (secondary N) is 1. The third-order valence-electron chi connectivity index (χ3n) is 6.37. The molecule has 6 heteroatoms. The van der Waals surface area contributed by atoms with Crippen LogP contribution in [0.4, 0.5) is 4.79 Å². The average Bonchev–Trinajstić information content (AvgIpc) is 3.18. The highest BCUT2D eigenvalue weighted by molar-refractivity contribution is 6.16. The molecule has 38 heavy (non-hydrogen) atoms. The van der Waals surface area contributed by atoms with E-state index in [1.54, 1.807) is 13.8 Å². The SMILES string of the molecule is CCCCC/C=C/C/C=C/CCCCCCCCNC(=O)ON=C(C1=CC(=O)C(C)(C)O1)c1ccccc1. The Balaban J connectivity index is 1.57. The number of hydrogen-bond donors (Lipinski definition) is 1. The Bertz CT molecular complexity index is 961. The van der Waals surface area contributed by atoms with Crippen molar-refractivity contribution in [3.63, 3.8) is 0 Å². The number of ketones is 1. The number of carbonyl (C=O) groups excluding carboxylic acids is 2. The second-order valence-corrected chi connectivity index (χ2v) is 10.2. The minimum Gasteiger partial charge on any atom is -0.477 e. The van der Waals surface area contributed by atoms with E-state index in [2.05, 4.69) is 41.7 Å². The smallest absolute Gasteiger partial charge is 0.433 e. The molecule has 0 saturated carbocycles. The van der Waals surface area contributed by atoms with Crippen LogP contribution in [-0.4, -0.2) is 29.7 Å². The monoisotopic (exact) mass is 522 g/mol. The largest absolute Gasteiger partial charge is 0.477 e. The van der Waals surface area contributed by atoms with Gasteiger partial charge in [0.2, 0.25) is 5.78 Å². The molecule has 1 amide bonds. The lowest BCUT2D eigenvalue weighted by Gasteiger charge is -2.18. The third kappa shape index (κ3) is 12.4. The maximum atomic E-state index is 12.2. The number of benzene rings is 1. The van der Waals surface area contributed by atoms with Crippen molar-refractivity contribution in [2.75, 3.05) is 6.54 Å². The summed E-state index contributed by atoms with van der Waals surface area (Å²) in [7, 11) is 0. The van der Waals surface area contributed by atoms with Gasteiger partial charge in [0.1, 0.15) is 0 Å². The number of carbonyl (C=O) groups is 2. The topological polar surface area (TPSA) is 77.0 Å². The number of rotatable bonds is 18. The van der Waals surface area contributed by atoms with Crippen molar-refractivity contribution in [2.24, 2.45) is 5.16 Å². The second kappa shape index (κ2) is 18.2. The lowest BCUT2D eigenvalue weighted by molar-refractivity contribution is -0.126. The first-order chi connectivity index (χ1) is 18.4. The Morgan fingerprint density at radius 1 is 0.921 bits per heavy atom. The maximum Gasteiger partial charge on any atom is 0.433 e. The Morgan fingerprint density at radius 2 is 1.55 bits per heavy atom. The molecule has 1 aliphatic heterocycles. The molecule has 0 unspecified atom stereocenters. The molecule has 0 fully saturated rings. The minimum absolute atomic E-state index is 0.155. The molecule has 0 radical (unpaired) electrons. The Morgan fingerprint density at radius 3 is 2.18 bits per heavy atom. The predicted octanol–water partition coefficient (Wildman–Crippen LogP) is 8.19. The number of amides is 1. The summed E-state index contributed by atoms with van der Waals surface area (Å²) in [5.74, 6) is 0.141. The average molecular weight is 523 g/mol. The van der Waals surface area contributed by atoms with Crippen LogP contribution in [0.25, 0.3) is 0 Å². The normalized spacial score (nSPS) is 15.2. The molecular weight excluding hydrogens is 476 g/mol. The second-order valence-electron chi connectivity index (χ2n) is 10.2. The van der Waals surface area contributed by atoms with Gasteiger partial charge in [-0.25, -0.2) is 4.79 Å². The lowest BCUT2D eigenvalue weighted by Crippen LogP contribution is -2.28. The summed E-state index contributed by atoms with van der Waals surface area (Å²) in [5, 5.41) is 6.77. The van der Waals surface area contributed by atoms with E-state index in [1.807, 2.05) is 30.3 Å². The van der Waals surface area contributed by atoms with E-state index in [1.165, 1.54) is 51.0 Å². The van der Waals surface area contributed by atoms with Crippen LogP contribution in [0.3, 0.4) is 0 Å². The van der Waals surface area contributed by atoms with Crippen LogP contribution in [0.15, 0.2) is 71.6 Å². The van der Waals surface area contributed by atoms with Crippen LogP contribution >= 0.6 is 0 Å². The van der Waals surface area contributed by atoms with Crippen molar-refractivity contribution in [3.05, 3.63) is 72.0 Å². The van der Waals surface area contributed by atoms with Crippen molar-refractivity contribution >= 4 is 17.6 Å². The molecule has 0 spiro atoms. The molecule has 1 aromatic rings. The molecule has 1 aliphatic rings. The van der Waals surface area contributed by atoms with Crippen LogP contribution < -0.4 is 5.32 Å². The van der Waals surface area contributed by atoms with E-state index in [0.717, 1.165) is 32.1 Å². The number of ether oxygens (including phenoxy) is 1. The van der Waals surface area contributed by atoms with Crippen LogP contribution in [0.1, 0.15) is 103 Å². The molecule has 208 valence electrons. The van der Waals surface area contributed by atoms with Crippen LogP contribution in [-0.2, 0) is 14.4 Å². The Labute approximate surface area is 229 Å². The molecule has 0 saturated heterocycles.